The van der Waals surface area contributed by atoms with Crippen molar-refractivity contribution >= 4 is 23.2 Å². The Hall–Kier alpha value is -0.440. The number of hydrogen-bond donors (Lipinski definition) is 1. The average Bonchev–Trinajstić information content (AvgIpc) is 3.03. The SMILES string of the molecule is Clc1ccc(OC(C2CC2)[C@@H]2CCNC2)c(Cl)c1. The van der Waals surface area contributed by atoms with Crippen molar-refractivity contribution in [2.45, 2.75) is 25.4 Å². The highest BCUT2D eigenvalue weighted by Gasteiger charge is 2.39. The molecule has 1 aromatic carbocycles. The summed E-state index contributed by atoms with van der Waals surface area (Å²) >= 11 is 12.1. The molecule has 1 heterocycles. The molecule has 1 saturated heterocycles. The molecule has 4 heteroatoms. The molecule has 0 aromatic heterocycles. The molecule has 2 aliphatic rings. The largest absolute Gasteiger partial charge is 0.488 e. The Morgan fingerprint density at radius 2 is 2.00 bits per heavy atom. The maximum Gasteiger partial charge on any atom is 0.138 e. The van der Waals surface area contributed by atoms with Crippen LogP contribution in [0, 0.1) is 11.8 Å². The maximum absolute atomic E-state index is 6.18. The lowest BCUT2D eigenvalue weighted by Gasteiger charge is -2.24. The third kappa shape index (κ3) is 2.76. The van der Waals surface area contributed by atoms with Gasteiger partial charge in [-0.1, -0.05) is 23.2 Å². The predicted molar refractivity (Wildman–Crippen MR) is 74.6 cm³/mol. The van der Waals surface area contributed by atoms with Gasteiger partial charge < -0.3 is 10.1 Å². The summed E-state index contributed by atoms with van der Waals surface area (Å²) in [4.78, 5) is 0. The molecule has 1 saturated carbocycles. The fourth-order valence-electron chi connectivity index (χ4n) is 2.68. The van der Waals surface area contributed by atoms with E-state index in [9.17, 15) is 0 Å². The highest BCUT2D eigenvalue weighted by atomic mass is 35.5. The lowest BCUT2D eigenvalue weighted by molar-refractivity contribution is 0.121. The Labute approximate surface area is 118 Å². The predicted octanol–water partition coefficient (Wildman–Crippen LogP) is 3.76. The highest BCUT2D eigenvalue weighted by Crippen LogP contribution is 2.41. The van der Waals surface area contributed by atoms with Crippen molar-refractivity contribution in [1.29, 1.82) is 0 Å². The van der Waals surface area contributed by atoms with Crippen molar-refractivity contribution in [1.82, 2.24) is 5.32 Å². The van der Waals surface area contributed by atoms with Gasteiger partial charge in [0.25, 0.3) is 0 Å². The van der Waals surface area contributed by atoms with Crippen molar-refractivity contribution in [3.8, 4) is 5.75 Å². The Bertz CT molecular complexity index is 428. The Morgan fingerprint density at radius 3 is 2.61 bits per heavy atom. The molecule has 0 amide bonds. The second kappa shape index (κ2) is 5.28. The van der Waals surface area contributed by atoms with Gasteiger partial charge in [-0.3, -0.25) is 0 Å². The molecule has 98 valence electrons. The van der Waals surface area contributed by atoms with Crippen LogP contribution in [-0.2, 0) is 0 Å². The summed E-state index contributed by atoms with van der Waals surface area (Å²) in [5.41, 5.74) is 0. The minimum Gasteiger partial charge on any atom is -0.488 e. The summed E-state index contributed by atoms with van der Waals surface area (Å²) in [5.74, 6) is 2.09. The molecule has 1 unspecified atom stereocenters. The van der Waals surface area contributed by atoms with E-state index in [1.807, 2.05) is 12.1 Å². The lowest BCUT2D eigenvalue weighted by atomic mass is 9.97. The average molecular weight is 286 g/mol. The van der Waals surface area contributed by atoms with Crippen molar-refractivity contribution in [3.05, 3.63) is 28.2 Å². The fourth-order valence-corrected chi connectivity index (χ4v) is 3.13. The molecule has 2 atom stereocenters. The van der Waals surface area contributed by atoms with Crippen LogP contribution in [0.15, 0.2) is 18.2 Å². The second-order valence-corrected chi connectivity index (χ2v) is 6.09. The number of rotatable bonds is 4. The molecule has 0 spiro atoms. The standard InChI is InChI=1S/C14H17Cl2NO/c15-11-3-4-13(12(16)7-11)18-14(9-1-2-9)10-5-6-17-8-10/h3-4,7,9-10,14,17H,1-2,5-6,8H2/t10-,14?/m1/s1. The molecule has 1 aliphatic carbocycles. The third-order valence-corrected chi connectivity index (χ3v) is 4.34. The van der Waals surface area contributed by atoms with Crippen molar-refractivity contribution in [3.63, 3.8) is 0 Å². The van der Waals surface area contributed by atoms with Crippen LogP contribution in [0.1, 0.15) is 19.3 Å². The van der Waals surface area contributed by atoms with E-state index < -0.39 is 0 Å². The normalized spacial score (nSPS) is 25.1. The summed E-state index contributed by atoms with van der Waals surface area (Å²) in [6.07, 6.45) is 4.07. The van der Waals surface area contributed by atoms with Gasteiger partial charge >= 0.3 is 0 Å². The van der Waals surface area contributed by atoms with E-state index in [1.54, 1.807) is 6.07 Å². The van der Waals surface area contributed by atoms with Crippen molar-refractivity contribution in [2.75, 3.05) is 13.1 Å². The molecule has 2 nitrogen and oxygen atoms in total. The zero-order chi connectivity index (χ0) is 12.5. The zero-order valence-corrected chi connectivity index (χ0v) is 11.7. The number of benzene rings is 1. The summed E-state index contributed by atoms with van der Waals surface area (Å²) in [6.45, 7) is 2.16. The van der Waals surface area contributed by atoms with Gasteiger partial charge in [-0.2, -0.15) is 0 Å². The van der Waals surface area contributed by atoms with Crippen LogP contribution in [-0.4, -0.2) is 19.2 Å². The molecule has 1 aliphatic heterocycles. The van der Waals surface area contributed by atoms with E-state index in [4.69, 9.17) is 27.9 Å². The van der Waals surface area contributed by atoms with Gasteiger partial charge in [0, 0.05) is 17.5 Å². The topological polar surface area (TPSA) is 21.3 Å². The first-order valence-electron chi connectivity index (χ1n) is 6.56. The van der Waals surface area contributed by atoms with Crippen molar-refractivity contribution in [2.24, 2.45) is 11.8 Å². The molecule has 1 aromatic rings. The first kappa shape index (κ1) is 12.6. The van der Waals surface area contributed by atoms with Gasteiger partial charge in [-0.15, -0.1) is 0 Å². The molecule has 2 fully saturated rings. The van der Waals surface area contributed by atoms with Crippen LogP contribution in [0.2, 0.25) is 10.0 Å². The molecule has 0 radical (unpaired) electrons. The minimum atomic E-state index is 0.304. The van der Waals surface area contributed by atoms with E-state index in [-0.39, 0.29) is 0 Å². The van der Waals surface area contributed by atoms with Crippen LogP contribution >= 0.6 is 23.2 Å². The van der Waals surface area contributed by atoms with E-state index in [0.29, 0.717) is 28.0 Å². The number of halogens is 2. The highest BCUT2D eigenvalue weighted by molar-refractivity contribution is 6.35. The molecule has 0 bridgehead atoms. The fraction of sp³-hybridized carbons (Fsp3) is 0.571. The van der Waals surface area contributed by atoms with Crippen LogP contribution < -0.4 is 10.1 Å². The summed E-state index contributed by atoms with van der Waals surface area (Å²) in [6, 6.07) is 5.46. The number of ether oxygens (including phenoxy) is 1. The Morgan fingerprint density at radius 1 is 1.17 bits per heavy atom. The van der Waals surface area contributed by atoms with Crippen molar-refractivity contribution < 1.29 is 4.74 Å². The molecule has 18 heavy (non-hydrogen) atoms. The maximum atomic E-state index is 6.18. The Balaban J connectivity index is 1.75. The van der Waals surface area contributed by atoms with Crippen LogP contribution in [0.3, 0.4) is 0 Å². The minimum absolute atomic E-state index is 0.304. The number of nitrogens with one attached hydrogen (secondary N) is 1. The van der Waals surface area contributed by atoms with E-state index in [1.165, 1.54) is 19.3 Å². The summed E-state index contributed by atoms with van der Waals surface area (Å²) in [5, 5.41) is 4.67. The molecular formula is C14H17Cl2NO. The van der Waals surface area contributed by atoms with Gasteiger partial charge in [0.15, 0.2) is 0 Å². The van der Waals surface area contributed by atoms with E-state index >= 15 is 0 Å². The van der Waals surface area contributed by atoms with Gasteiger partial charge in [0.05, 0.1) is 5.02 Å². The zero-order valence-electron chi connectivity index (χ0n) is 10.2. The van der Waals surface area contributed by atoms with Gasteiger partial charge in [-0.25, -0.2) is 0 Å². The van der Waals surface area contributed by atoms with Crippen LogP contribution in [0.4, 0.5) is 0 Å². The van der Waals surface area contributed by atoms with Gasteiger partial charge in [0.1, 0.15) is 11.9 Å². The third-order valence-electron chi connectivity index (χ3n) is 3.81. The molecule has 3 rings (SSSR count). The molecule has 1 N–H and O–H groups in total. The van der Waals surface area contributed by atoms with Crippen LogP contribution in [0.25, 0.3) is 0 Å². The quantitative estimate of drug-likeness (QED) is 0.910. The summed E-state index contributed by atoms with van der Waals surface area (Å²) in [7, 11) is 0. The van der Waals surface area contributed by atoms with E-state index in [0.717, 1.165) is 18.8 Å². The monoisotopic (exact) mass is 285 g/mol. The lowest BCUT2D eigenvalue weighted by Crippen LogP contribution is -2.30. The van der Waals surface area contributed by atoms with Gasteiger partial charge in [0.2, 0.25) is 0 Å². The Kier molecular flexibility index (Phi) is 3.69. The van der Waals surface area contributed by atoms with Crippen LogP contribution in [0.5, 0.6) is 5.75 Å². The second-order valence-electron chi connectivity index (χ2n) is 5.25. The van der Waals surface area contributed by atoms with E-state index in [2.05, 4.69) is 5.32 Å². The smallest absolute Gasteiger partial charge is 0.138 e. The summed E-state index contributed by atoms with van der Waals surface area (Å²) < 4.78 is 6.18. The first-order chi connectivity index (χ1) is 8.74. The first-order valence-corrected chi connectivity index (χ1v) is 7.32. The molecular weight excluding hydrogens is 269 g/mol. The van der Waals surface area contributed by atoms with Gasteiger partial charge in [-0.05, 0) is 49.9 Å². The number of hydrogen-bond acceptors (Lipinski definition) is 2.